The highest BCUT2D eigenvalue weighted by atomic mass is 32.2. The predicted octanol–water partition coefficient (Wildman–Crippen LogP) is 5.09. The Balaban J connectivity index is 1.29. The topological polar surface area (TPSA) is 79.7 Å². The van der Waals surface area contributed by atoms with Gasteiger partial charge in [0.25, 0.3) is 5.56 Å². The molecular formula is C24H26N6OS2. The molecule has 0 spiro atoms. The SMILES string of the molecule is Cc1ccc(-c2c(C)sc3nc(CSc4nnc(N5CCCC5)n4C4CC4)[nH]c(=O)c23)cc1. The summed E-state index contributed by atoms with van der Waals surface area (Å²) in [5, 5.41) is 10.6. The van der Waals surface area contributed by atoms with Crippen molar-refractivity contribution in [2.75, 3.05) is 18.0 Å². The normalized spacial score (nSPS) is 16.2. The van der Waals surface area contributed by atoms with Crippen LogP contribution in [0.3, 0.4) is 0 Å². The van der Waals surface area contributed by atoms with E-state index in [4.69, 9.17) is 4.98 Å². The Hall–Kier alpha value is -2.65. The van der Waals surface area contributed by atoms with Crippen LogP contribution in [-0.2, 0) is 5.75 Å². The smallest absolute Gasteiger partial charge is 0.260 e. The van der Waals surface area contributed by atoms with Gasteiger partial charge in [0, 0.05) is 29.6 Å². The highest BCUT2D eigenvalue weighted by molar-refractivity contribution is 7.98. The summed E-state index contributed by atoms with van der Waals surface area (Å²) in [4.78, 5) is 25.2. The van der Waals surface area contributed by atoms with E-state index in [1.54, 1.807) is 23.1 Å². The number of nitrogens with zero attached hydrogens (tertiary/aromatic N) is 5. The maximum Gasteiger partial charge on any atom is 0.260 e. The van der Waals surface area contributed by atoms with Crippen molar-refractivity contribution in [1.82, 2.24) is 24.7 Å². The molecule has 1 aliphatic heterocycles. The first kappa shape index (κ1) is 20.9. The third kappa shape index (κ3) is 3.87. The summed E-state index contributed by atoms with van der Waals surface area (Å²) in [6.07, 6.45) is 4.81. The van der Waals surface area contributed by atoms with Crippen LogP contribution in [0.2, 0.25) is 0 Å². The van der Waals surface area contributed by atoms with Crippen molar-refractivity contribution in [1.29, 1.82) is 0 Å². The van der Waals surface area contributed by atoms with E-state index in [9.17, 15) is 4.79 Å². The molecule has 1 N–H and O–H groups in total. The molecule has 33 heavy (non-hydrogen) atoms. The van der Waals surface area contributed by atoms with Gasteiger partial charge in [-0.15, -0.1) is 21.5 Å². The minimum absolute atomic E-state index is 0.0723. The van der Waals surface area contributed by atoms with Gasteiger partial charge in [-0.05, 0) is 45.1 Å². The molecule has 7 nitrogen and oxygen atoms in total. The maximum absolute atomic E-state index is 13.1. The Bertz CT molecular complexity index is 1380. The third-order valence-corrected chi connectivity index (χ3v) is 8.37. The minimum atomic E-state index is -0.0723. The number of hydrogen-bond acceptors (Lipinski definition) is 7. The lowest BCUT2D eigenvalue weighted by Crippen LogP contribution is -2.22. The van der Waals surface area contributed by atoms with E-state index < -0.39 is 0 Å². The monoisotopic (exact) mass is 478 g/mol. The highest BCUT2D eigenvalue weighted by Crippen LogP contribution is 2.42. The Morgan fingerprint density at radius 3 is 2.61 bits per heavy atom. The average molecular weight is 479 g/mol. The zero-order valence-electron chi connectivity index (χ0n) is 18.8. The van der Waals surface area contributed by atoms with E-state index in [1.807, 2.05) is 0 Å². The number of rotatable bonds is 6. The second kappa shape index (κ2) is 8.29. The zero-order valence-corrected chi connectivity index (χ0v) is 20.4. The van der Waals surface area contributed by atoms with Crippen LogP contribution in [0.25, 0.3) is 21.3 Å². The summed E-state index contributed by atoms with van der Waals surface area (Å²) in [6.45, 7) is 6.25. The molecule has 0 atom stereocenters. The van der Waals surface area contributed by atoms with Gasteiger partial charge in [0.1, 0.15) is 10.7 Å². The lowest BCUT2D eigenvalue weighted by molar-refractivity contribution is 0.651. The second-order valence-corrected chi connectivity index (χ2v) is 11.1. The molecule has 9 heteroatoms. The summed E-state index contributed by atoms with van der Waals surface area (Å²) >= 11 is 3.20. The fourth-order valence-electron chi connectivity index (χ4n) is 4.59. The van der Waals surface area contributed by atoms with Crippen molar-refractivity contribution in [2.24, 2.45) is 0 Å². The highest BCUT2D eigenvalue weighted by Gasteiger charge is 2.32. The van der Waals surface area contributed by atoms with E-state index in [-0.39, 0.29) is 5.56 Å². The molecule has 0 amide bonds. The summed E-state index contributed by atoms with van der Waals surface area (Å²) in [6, 6.07) is 8.82. The van der Waals surface area contributed by atoms with Crippen LogP contribution in [0.4, 0.5) is 5.95 Å². The van der Waals surface area contributed by atoms with Crippen LogP contribution in [0.5, 0.6) is 0 Å². The number of fused-ring (bicyclic) bond motifs is 1. The molecule has 1 saturated heterocycles. The van der Waals surface area contributed by atoms with E-state index in [0.29, 0.717) is 23.0 Å². The lowest BCUT2D eigenvalue weighted by atomic mass is 10.0. The van der Waals surface area contributed by atoms with Gasteiger partial charge in [0.05, 0.1) is 11.1 Å². The largest absolute Gasteiger partial charge is 0.341 e. The molecule has 1 aliphatic carbocycles. The number of benzene rings is 1. The van der Waals surface area contributed by atoms with Crippen LogP contribution in [0.1, 0.15) is 48.0 Å². The average Bonchev–Trinajstić information content (AvgIpc) is 3.20. The fraction of sp³-hybridized carbons (Fsp3) is 0.417. The molecule has 0 radical (unpaired) electrons. The fourth-order valence-corrected chi connectivity index (χ4v) is 6.52. The van der Waals surface area contributed by atoms with E-state index in [1.165, 1.54) is 31.2 Å². The maximum atomic E-state index is 13.1. The molecule has 2 aliphatic rings. The van der Waals surface area contributed by atoms with Gasteiger partial charge in [-0.1, -0.05) is 41.6 Å². The van der Waals surface area contributed by atoms with Crippen molar-refractivity contribution < 1.29 is 0 Å². The summed E-state index contributed by atoms with van der Waals surface area (Å²) < 4.78 is 2.30. The Morgan fingerprint density at radius 2 is 1.88 bits per heavy atom. The molecule has 1 saturated carbocycles. The summed E-state index contributed by atoms with van der Waals surface area (Å²) in [5.74, 6) is 2.25. The number of aromatic nitrogens is 5. The third-order valence-electron chi connectivity index (χ3n) is 6.41. The van der Waals surface area contributed by atoms with E-state index in [2.05, 4.69) is 62.8 Å². The number of thioether (sulfide) groups is 1. The van der Waals surface area contributed by atoms with Gasteiger partial charge in [-0.3, -0.25) is 9.36 Å². The molecule has 4 aromatic rings. The molecular weight excluding hydrogens is 452 g/mol. The van der Waals surface area contributed by atoms with Gasteiger partial charge in [0.15, 0.2) is 5.16 Å². The number of thiophene rings is 1. The number of aromatic amines is 1. The molecule has 6 rings (SSSR count). The number of H-pyrrole nitrogens is 1. The molecule has 0 bridgehead atoms. The molecule has 2 fully saturated rings. The molecule has 0 unspecified atom stereocenters. The number of nitrogens with one attached hydrogen (secondary N) is 1. The van der Waals surface area contributed by atoms with Crippen LogP contribution in [0, 0.1) is 13.8 Å². The van der Waals surface area contributed by atoms with Crippen molar-refractivity contribution in [3.05, 3.63) is 50.9 Å². The Kier molecular flexibility index (Phi) is 5.25. The first-order valence-electron chi connectivity index (χ1n) is 11.5. The van der Waals surface area contributed by atoms with Crippen LogP contribution >= 0.6 is 23.1 Å². The van der Waals surface area contributed by atoms with Gasteiger partial charge < -0.3 is 9.88 Å². The van der Waals surface area contributed by atoms with Gasteiger partial charge >= 0.3 is 0 Å². The lowest BCUT2D eigenvalue weighted by Gasteiger charge is -2.17. The van der Waals surface area contributed by atoms with Crippen molar-refractivity contribution in [3.63, 3.8) is 0 Å². The molecule has 1 aromatic carbocycles. The number of aryl methyl sites for hydroxylation is 2. The molecule has 170 valence electrons. The van der Waals surface area contributed by atoms with E-state index >= 15 is 0 Å². The van der Waals surface area contributed by atoms with Gasteiger partial charge in [-0.2, -0.15) is 0 Å². The van der Waals surface area contributed by atoms with Gasteiger partial charge in [0.2, 0.25) is 5.95 Å². The van der Waals surface area contributed by atoms with Gasteiger partial charge in [-0.25, -0.2) is 4.98 Å². The summed E-state index contributed by atoms with van der Waals surface area (Å²) in [5.41, 5.74) is 3.18. The summed E-state index contributed by atoms with van der Waals surface area (Å²) in [7, 11) is 0. The Labute approximate surface area is 200 Å². The molecule has 4 heterocycles. The van der Waals surface area contributed by atoms with Crippen LogP contribution in [-0.4, -0.2) is 37.8 Å². The standard InChI is InChI=1S/C24H26N6OS2/c1-14-5-7-16(8-6-14)19-15(2)33-22-20(19)21(31)25-18(26-22)13-32-24-28-27-23(29-11-3-4-12-29)30(24)17-9-10-17/h5-8,17H,3-4,9-13H2,1-2H3,(H,25,26,31). The zero-order chi connectivity index (χ0) is 22.5. The van der Waals surface area contributed by atoms with Crippen molar-refractivity contribution >= 4 is 39.3 Å². The first-order valence-corrected chi connectivity index (χ1v) is 13.3. The van der Waals surface area contributed by atoms with Crippen LogP contribution in [0.15, 0.2) is 34.2 Å². The Morgan fingerprint density at radius 1 is 1.12 bits per heavy atom. The number of anilines is 1. The first-order chi connectivity index (χ1) is 16.1. The van der Waals surface area contributed by atoms with Crippen molar-refractivity contribution in [3.8, 4) is 11.1 Å². The quantitative estimate of drug-likeness (QED) is 0.389. The van der Waals surface area contributed by atoms with E-state index in [0.717, 1.165) is 45.0 Å². The number of hydrogen-bond donors (Lipinski definition) is 1. The second-order valence-electron chi connectivity index (χ2n) is 8.96. The molecule has 3 aromatic heterocycles. The van der Waals surface area contributed by atoms with Crippen molar-refractivity contribution in [2.45, 2.75) is 56.5 Å². The van der Waals surface area contributed by atoms with Crippen LogP contribution < -0.4 is 10.5 Å². The predicted molar refractivity (Wildman–Crippen MR) is 134 cm³/mol. The minimum Gasteiger partial charge on any atom is -0.341 e.